The van der Waals surface area contributed by atoms with Crippen molar-refractivity contribution in [3.63, 3.8) is 0 Å². The van der Waals surface area contributed by atoms with E-state index in [1.54, 1.807) is 0 Å². The summed E-state index contributed by atoms with van der Waals surface area (Å²) in [6.07, 6.45) is 3.20. The standard InChI is InChI=1S/C14H21NO4/c1-9(2)4-5-10(3)15-13(16)8-12-11(14(17)18)6-7-19-12/h6-7,9-10H,4-5,8H2,1-3H3,(H,15,16)(H,17,18). The number of hydrogen-bond acceptors (Lipinski definition) is 3. The minimum Gasteiger partial charge on any atom is -0.478 e. The Morgan fingerprint density at radius 3 is 2.58 bits per heavy atom. The summed E-state index contributed by atoms with van der Waals surface area (Å²) in [6.45, 7) is 6.22. The van der Waals surface area contributed by atoms with Crippen molar-refractivity contribution < 1.29 is 19.1 Å². The average Bonchev–Trinajstić information content (AvgIpc) is 2.74. The lowest BCUT2D eigenvalue weighted by molar-refractivity contribution is -0.121. The first-order valence-corrected chi connectivity index (χ1v) is 6.49. The second kappa shape index (κ2) is 6.97. The van der Waals surface area contributed by atoms with Crippen LogP contribution in [-0.4, -0.2) is 23.0 Å². The second-order valence-corrected chi connectivity index (χ2v) is 5.18. The lowest BCUT2D eigenvalue weighted by atomic mass is 10.0. The van der Waals surface area contributed by atoms with Gasteiger partial charge in [0.1, 0.15) is 11.3 Å². The summed E-state index contributed by atoms with van der Waals surface area (Å²) in [5, 5.41) is 11.8. The molecule has 2 N–H and O–H groups in total. The van der Waals surface area contributed by atoms with E-state index >= 15 is 0 Å². The fraction of sp³-hybridized carbons (Fsp3) is 0.571. The first kappa shape index (κ1) is 15.3. The van der Waals surface area contributed by atoms with Gasteiger partial charge in [0, 0.05) is 6.04 Å². The van der Waals surface area contributed by atoms with Crippen molar-refractivity contribution in [2.75, 3.05) is 0 Å². The maximum absolute atomic E-state index is 11.8. The zero-order valence-electron chi connectivity index (χ0n) is 11.6. The number of rotatable bonds is 7. The van der Waals surface area contributed by atoms with E-state index in [2.05, 4.69) is 19.2 Å². The minimum absolute atomic E-state index is 0.0410. The predicted molar refractivity (Wildman–Crippen MR) is 71.0 cm³/mol. The van der Waals surface area contributed by atoms with Crippen LogP contribution in [0.25, 0.3) is 0 Å². The highest BCUT2D eigenvalue weighted by Gasteiger charge is 2.17. The first-order valence-electron chi connectivity index (χ1n) is 6.49. The number of furan rings is 1. The molecule has 0 spiro atoms. The molecule has 0 saturated heterocycles. The smallest absolute Gasteiger partial charge is 0.339 e. The molecule has 5 heteroatoms. The molecule has 0 saturated carbocycles. The highest BCUT2D eigenvalue weighted by molar-refractivity contribution is 5.90. The maximum Gasteiger partial charge on any atom is 0.339 e. The number of nitrogens with one attached hydrogen (secondary N) is 1. The van der Waals surface area contributed by atoms with Crippen LogP contribution in [0.5, 0.6) is 0 Å². The Bertz CT molecular complexity index is 436. The van der Waals surface area contributed by atoms with Crippen LogP contribution in [-0.2, 0) is 11.2 Å². The minimum atomic E-state index is -1.08. The van der Waals surface area contributed by atoms with Crippen molar-refractivity contribution in [2.24, 2.45) is 5.92 Å². The molecule has 0 radical (unpaired) electrons. The normalized spacial score (nSPS) is 12.4. The number of carbonyl (C=O) groups excluding carboxylic acids is 1. The zero-order valence-corrected chi connectivity index (χ0v) is 11.6. The van der Waals surface area contributed by atoms with Crippen LogP contribution in [0.1, 0.15) is 49.7 Å². The average molecular weight is 267 g/mol. The second-order valence-electron chi connectivity index (χ2n) is 5.18. The summed E-state index contributed by atoms with van der Waals surface area (Å²) in [4.78, 5) is 22.6. The summed E-state index contributed by atoms with van der Waals surface area (Å²) in [5.41, 5.74) is 0.0463. The fourth-order valence-corrected chi connectivity index (χ4v) is 1.80. The molecule has 1 rings (SSSR count). The van der Waals surface area contributed by atoms with Gasteiger partial charge in [-0.15, -0.1) is 0 Å². The van der Waals surface area contributed by atoms with Crippen molar-refractivity contribution in [2.45, 2.75) is 46.1 Å². The van der Waals surface area contributed by atoms with E-state index in [0.29, 0.717) is 5.92 Å². The van der Waals surface area contributed by atoms with E-state index in [9.17, 15) is 9.59 Å². The lowest BCUT2D eigenvalue weighted by Gasteiger charge is -2.14. The van der Waals surface area contributed by atoms with Crippen LogP contribution in [0.4, 0.5) is 0 Å². The molecule has 1 aromatic heterocycles. The van der Waals surface area contributed by atoms with Crippen LogP contribution in [0.15, 0.2) is 16.7 Å². The molecular weight excluding hydrogens is 246 g/mol. The Balaban J connectivity index is 2.46. The van der Waals surface area contributed by atoms with Crippen molar-refractivity contribution in [3.8, 4) is 0 Å². The Morgan fingerprint density at radius 2 is 2.00 bits per heavy atom. The molecule has 0 aliphatic rings. The molecule has 1 amide bonds. The van der Waals surface area contributed by atoms with Crippen LogP contribution >= 0.6 is 0 Å². The molecule has 1 aromatic rings. The fourth-order valence-electron chi connectivity index (χ4n) is 1.80. The quantitative estimate of drug-likeness (QED) is 0.795. The van der Waals surface area contributed by atoms with Crippen molar-refractivity contribution >= 4 is 11.9 Å². The van der Waals surface area contributed by atoms with Crippen molar-refractivity contribution in [1.82, 2.24) is 5.32 Å². The summed E-state index contributed by atoms with van der Waals surface area (Å²) in [5.74, 6) is -0.498. The molecule has 0 aliphatic heterocycles. The Kier molecular flexibility index (Phi) is 5.60. The van der Waals surface area contributed by atoms with Crippen LogP contribution in [0, 0.1) is 5.92 Å². The number of amides is 1. The van der Waals surface area contributed by atoms with Crippen molar-refractivity contribution in [1.29, 1.82) is 0 Å². The van der Waals surface area contributed by atoms with Crippen LogP contribution in [0.3, 0.4) is 0 Å². The molecule has 1 atom stereocenters. The lowest BCUT2D eigenvalue weighted by Crippen LogP contribution is -2.34. The molecule has 0 aliphatic carbocycles. The van der Waals surface area contributed by atoms with Gasteiger partial charge in [-0.2, -0.15) is 0 Å². The first-order chi connectivity index (χ1) is 8.90. The van der Waals surface area contributed by atoms with E-state index in [0.717, 1.165) is 12.8 Å². The number of hydrogen-bond donors (Lipinski definition) is 2. The molecule has 106 valence electrons. The molecule has 0 aromatic carbocycles. The largest absolute Gasteiger partial charge is 0.478 e. The van der Waals surface area contributed by atoms with Gasteiger partial charge in [0.2, 0.25) is 5.91 Å². The van der Waals surface area contributed by atoms with E-state index in [-0.39, 0.29) is 29.7 Å². The van der Waals surface area contributed by atoms with Gasteiger partial charge in [-0.05, 0) is 31.7 Å². The Morgan fingerprint density at radius 1 is 1.32 bits per heavy atom. The summed E-state index contributed by atoms with van der Waals surface area (Å²) in [7, 11) is 0. The Hall–Kier alpha value is -1.78. The maximum atomic E-state index is 11.8. The molecule has 5 nitrogen and oxygen atoms in total. The molecule has 1 unspecified atom stereocenters. The summed E-state index contributed by atoms with van der Waals surface area (Å²) < 4.78 is 5.03. The van der Waals surface area contributed by atoms with Gasteiger partial charge in [-0.1, -0.05) is 13.8 Å². The third-order valence-corrected chi connectivity index (χ3v) is 2.88. The number of carbonyl (C=O) groups is 2. The topological polar surface area (TPSA) is 79.5 Å². The number of carboxylic acid groups (broad SMARTS) is 1. The van der Waals surface area contributed by atoms with E-state index in [4.69, 9.17) is 9.52 Å². The van der Waals surface area contributed by atoms with Gasteiger partial charge in [-0.25, -0.2) is 4.79 Å². The van der Waals surface area contributed by atoms with Crippen molar-refractivity contribution in [3.05, 3.63) is 23.7 Å². The molecule has 1 heterocycles. The highest BCUT2D eigenvalue weighted by Crippen LogP contribution is 2.12. The highest BCUT2D eigenvalue weighted by atomic mass is 16.4. The summed E-state index contributed by atoms with van der Waals surface area (Å²) >= 11 is 0. The third kappa shape index (κ3) is 5.16. The number of carboxylic acids is 1. The van der Waals surface area contributed by atoms with E-state index in [1.807, 2.05) is 6.92 Å². The van der Waals surface area contributed by atoms with Crippen LogP contribution < -0.4 is 5.32 Å². The van der Waals surface area contributed by atoms with Gasteiger partial charge in [0.25, 0.3) is 0 Å². The molecular formula is C14H21NO4. The van der Waals surface area contributed by atoms with Gasteiger partial charge in [0.15, 0.2) is 0 Å². The number of aromatic carboxylic acids is 1. The van der Waals surface area contributed by atoms with Gasteiger partial charge in [0.05, 0.1) is 12.7 Å². The molecule has 0 fully saturated rings. The molecule has 19 heavy (non-hydrogen) atoms. The van der Waals surface area contributed by atoms with Gasteiger partial charge in [-0.3, -0.25) is 4.79 Å². The van der Waals surface area contributed by atoms with Gasteiger partial charge < -0.3 is 14.8 Å². The summed E-state index contributed by atoms with van der Waals surface area (Å²) in [6, 6.07) is 1.44. The third-order valence-electron chi connectivity index (χ3n) is 2.88. The van der Waals surface area contributed by atoms with E-state index < -0.39 is 5.97 Å². The Labute approximate surface area is 113 Å². The monoisotopic (exact) mass is 267 g/mol. The SMILES string of the molecule is CC(C)CCC(C)NC(=O)Cc1occc1C(=O)O. The zero-order chi connectivity index (χ0) is 14.4. The van der Waals surface area contributed by atoms with E-state index in [1.165, 1.54) is 12.3 Å². The molecule has 0 bridgehead atoms. The predicted octanol–water partition coefficient (Wildman–Crippen LogP) is 2.46. The van der Waals surface area contributed by atoms with Crippen LogP contribution in [0.2, 0.25) is 0 Å². The van der Waals surface area contributed by atoms with Gasteiger partial charge >= 0.3 is 5.97 Å².